The predicted molar refractivity (Wildman–Crippen MR) is 50.5 cm³/mol. The third-order valence-electron chi connectivity index (χ3n) is 2.46. The van der Waals surface area contributed by atoms with Crippen molar-refractivity contribution in [3.8, 4) is 0 Å². The van der Waals surface area contributed by atoms with Crippen LogP contribution in [0.5, 0.6) is 0 Å². The maximum Gasteiger partial charge on any atom is 0.293 e. The van der Waals surface area contributed by atoms with E-state index in [1.165, 1.54) is 0 Å². The number of carbonyl (C=O) groups excluding carboxylic acids is 1. The number of hydrogen-bond acceptors (Lipinski definition) is 4. The molecule has 4 nitrogen and oxygen atoms in total. The zero-order valence-electron chi connectivity index (χ0n) is 8.16. The molecular weight excluding hydrogens is 168 g/mol. The predicted octanol–water partition coefficient (Wildman–Crippen LogP) is -0.157. The van der Waals surface area contributed by atoms with Crippen LogP contribution in [0.2, 0.25) is 0 Å². The third kappa shape index (κ3) is 3.74. The van der Waals surface area contributed by atoms with Crippen LogP contribution < -0.4 is 5.32 Å². The summed E-state index contributed by atoms with van der Waals surface area (Å²) in [6, 6.07) is 0. The van der Waals surface area contributed by atoms with Gasteiger partial charge in [0, 0.05) is 26.2 Å². The molecule has 0 radical (unpaired) electrons. The molecule has 0 aromatic heterocycles. The monoisotopic (exact) mass is 186 g/mol. The first-order chi connectivity index (χ1) is 6.36. The lowest BCUT2D eigenvalue weighted by atomic mass is 10.1. The van der Waals surface area contributed by atoms with Crippen LogP contribution in [-0.4, -0.2) is 50.7 Å². The Hall–Kier alpha value is -0.610. The van der Waals surface area contributed by atoms with E-state index in [0.29, 0.717) is 6.47 Å². The molecule has 13 heavy (non-hydrogen) atoms. The molecule has 4 heteroatoms. The van der Waals surface area contributed by atoms with Gasteiger partial charge in [-0.1, -0.05) is 0 Å². The minimum absolute atomic E-state index is 0.156. The molecule has 1 fully saturated rings. The Morgan fingerprint density at radius 1 is 1.54 bits per heavy atom. The highest BCUT2D eigenvalue weighted by atomic mass is 16.5. The summed E-state index contributed by atoms with van der Waals surface area (Å²) < 4.78 is 4.91. The molecule has 0 atom stereocenters. The van der Waals surface area contributed by atoms with E-state index < -0.39 is 0 Å². The van der Waals surface area contributed by atoms with Gasteiger partial charge in [0.1, 0.15) is 6.10 Å². The van der Waals surface area contributed by atoms with Gasteiger partial charge >= 0.3 is 0 Å². The first-order valence-electron chi connectivity index (χ1n) is 4.83. The summed E-state index contributed by atoms with van der Waals surface area (Å²) in [5.74, 6) is 0. The van der Waals surface area contributed by atoms with Crippen LogP contribution in [0.3, 0.4) is 0 Å². The Bertz CT molecular complexity index is 145. The average Bonchev–Trinajstić information content (AvgIpc) is 2.17. The van der Waals surface area contributed by atoms with E-state index in [4.69, 9.17) is 4.74 Å². The largest absolute Gasteiger partial charge is 0.464 e. The van der Waals surface area contributed by atoms with E-state index in [1.54, 1.807) is 0 Å². The van der Waals surface area contributed by atoms with Gasteiger partial charge in [-0.15, -0.1) is 0 Å². The topological polar surface area (TPSA) is 41.6 Å². The Labute approximate surface area is 79.2 Å². The van der Waals surface area contributed by atoms with E-state index in [0.717, 1.165) is 39.0 Å². The molecule has 1 rings (SSSR count). The van der Waals surface area contributed by atoms with Crippen molar-refractivity contribution in [3.63, 3.8) is 0 Å². The molecule has 1 heterocycles. The van der Waals surface area contributed by atoms with Crippen LogP contribution in [-0.2, 0) is 9.53 Å². The molecule has 1 saturated heterocycles. The molecule has 1 N–H and O–H groups in total. The Morgan fingerprint density at radius 3 is 2.77 bits per heavy atom. The van der Waals surface area contributed by atoms with Crippen LogP contribution in [0.1, 0.15) is 12.8 Å². The van der Waals surface area contributed by atoms with Crippen molar-refractivity contribution >= 4 is 6.47 Å². The van der Waals surface area contributed by atoms with E-state index in [-0.39, 0.29) is 6.10 Å². The van der Waals surface area contributed by atoms with Gasteiger partial charge in [-0.2, -0.15) is 0 Å². The van der Waals surface area contributed by atoms with Gasteiger partial charge in [-0.3, -0.25) is 4.79 Å². The second-order valence-electron chi connectivity index (χ2n) is 3.38. The van der Waals surface area contributed by atoms with E-state index in [2.05, 4.69) is 10.2 Å². The van der Waals surface area contributed by atoms with Gasteiger partial charge in [0.15, 0.2) is 0 Å². The van der Waals surface area contributed by atoms with Gasteiger partial charge < -0.3 is 15.0 Å². The van der Waals surface area contributed by atoms with Crippen LogP contribution in [0.25, 0.3) is 0 Å². The second-order valence-corrected chi connectivity index (χ2v) is 3.38. The first kappa shape index (κ1) is 10.5. The van der Waals surface area contributed by atoms with Crippen molar-refractivity contribution in [2.24, 2.45) is 0 Å². The van der Waals surface area contributed by atoms with Crippen molar-refractivity contribution in [3.05, 3.63) is 0 Å². The van der Waals surface area contributed by atoms with Gasteiger partial charge in [-0.05, 0) is 19.9 Å². The maximum atomic E-state index is 10.1. The third-order valence-corrected chi connectivity index (χ3v) is 2.46. The van der Waals surface area contributed by atoms with Gasteiger partial charge in [0.25, 0.3) is 6.47 Å². The molecule has 1 aliphatic heterocycles. The lowest BCUT2D eigenvalue weighted by Crippen LogP contribution is -2.39. The van der Waals surface area contributed by atoms with Crippen LogP contribution in [0.15, 0.2) is 0 Å². The highest BCUT2D eigenvalue weighted by molar-refractivity contribution is 5.37. The number of carbonyl (C=O) groups is 1. The molecule has 0 aromatic rings. The lowest BCUT2D eigenvalue weighted by Gasteiger charge is -2.30. The molecule has 0 spiro atoms. The van der Waals surface area contributed by atoms with Crippen molar-refractivity contribution in [1.82, 2.24) is 10.2 Å². The van der Waals surface area contributed by atoms with Gasteiger partial charge in [0.2, 0.25) is 0 Å². The van der Waals surface area contributed by atoms with Crippen LogP contribution in [0, 0.1) is 0 Å². The van der Waals surface area contributed by atoms with E-state index in [9.17, 15) is 4.79 Å². The van der Waals surface area contributed by atoms with Gasteiger partial charge in [-0.25, -0.2) is 0 Å². The fourth-order valence-corrected chi connectivity index (χ4v) is 1.62. The number of likely N-dealkylation sites (tertiary alicyclic amines) is 1. The van der Waals surface area contributed by atoms with Crippen LogP contribution in [0.4, 0.5) is 0 Å². The Morgan fingerprint density at radius 2 is 2.23 bits per heavy atom. The number of piperidine rings is 1. The summed E-state index contributed by atoms with van der Waals surface area (Å²) >= 11 is 0. The highest BCUT2D eigenvalue weighted by Gasteiger charge is 2.18. The summed E-state index contributed by atoms with van der Waals surface area (Å²) in [4.78, 5) is 12.5. The summed E-state index contributed by atoms with van der Waals surface area (Å²) in [5, 5.41) is 3.12. The SMILES string of the molecule is CNCCN1CCC(OC=O)CC1. The van der Waals surface area contributed by atoms with Gasteiger partial charge in [0.05, 0.1) is 0 Å². The molecule has 0 aliphatic carbocycles. The Balaban J connectivity index is 2.11. The number of ether oxygens (including phenoxy) is 1. The molecular formula is C9H18N2O2. The van der Waals surface area contributed by atoms with Crippen molar-refractivity contribution in [1.29, 1.82) is 0 Å². The molecule has 0 bridgehead atoms. The minimum Gasteiger partial charge on any atom is -0.464 e. The Kier molecular flexibility index (Phi) is 4.78. The number of nitrogens with one attached hydrogen (secondary N) is 1. The molecule has 1 aliphatic rings. The van der Waals surface area contributed by atoms with E-state index in [1.807, 2.05) is 7.05 Å². The molecule has 76 valence electrons. The number of rotatable bonds is 5. The summed E-state index contributed by atoms with van der Waals surface area (Å²) in [7, 11) is 1.96. The standard InChI is InChI=1S/C9H18N2O2/c1-10-4-7-11-5-2-9(3-6-11)13-8-12/h8-10H,2-7H2,1H3. The molecule has 0 unspecified atom stereocenters. The second kappa shape index (κ2) is 5.94. The fourth-order valence-electron chi connectivity index (χ4n) is 1.62. The maximum absolute atomic E-state index is 10.1. The minimum atomic E-state index is 0.156. The number of nitrogens with zero attached hydrogens (tertiary/aromatic N) is 1. The average molecular weight is 186 g/mol. The highest BCUT2D eigenvalue weighted by Crippen LogP contribution is 2.11. The quantitative estimate of drug-likeness (QED) is 0.606. The van der Waals surface area contributed by atoms with Crippen molar-refractivity contribution < 1.29 is 9.53 Å². The van der Waals surface area contributed by atoms with Crippen molar-refractivity contribution in [2.75, 3.05) is 33.2 Å². The zero-order chi connectivity index (χ0) is 9.52. The van der Waals surface area contributed by atoms with Crippen molar-refractivity contribution in [2.45, 2.75) is 18.9 Å². The number of hydrogen-bond donors (Lipinski definition) is 1. The molecule has 0 aromatic carbocycles. The molecule has 0 amide bonds. The zero-order valence-corrected chi connectivity index (χ0v) is 8.16. The summed E-state index contributed by atoms with van der Waals surface area (Å²) in [6.45, 7) is 4.76. The summed E-state index contributed by atoms with van der Waals surface area (Å²) in [5.41, 5.74) is 0. The normalized spacial score (nSPS) is 20.1. The smallest absolute Gasteiger partial charge is 0.293 e. The number of likely N-dealkylation sites (N-methyl/N-ethyl adjacent to an activating group) is 1. The fraction of sp³-hybridized carbons (Fsp3) is 0.889. The van der Waals surface area contributed by atoms with E-state index >= 15 is 0 Å². The lowest BCUT2D eigenvalue weighted by molar-refractivity contribution is -0.135. The molecule has 0 saturated carbocycles. The van der Waals surface area contributed by atoms with Crippen LogP contribution >= 0.6 is 0 Å². The summed E-state index contributed by atoms with van der Waals surface area (Å²) in [6.07, 6.45) is 2.11. The first-order valence-corrected chi connectivity index (χ1v) is 4.83.